The molecule has 2 aromatic rings. The van der Waals surface area contributed by atoms with Gasteiger partial charge in [0.15, 0.2) is 5.58 Å². The second-order valence-electron chi connectivity index (χ2n) is 10.9. The van der Waals surface area contributed by atoms with Gasteiger partial charge in [0.1, 0.15) is 11.3 Å². The molecule has 0 spiro atoms. The normalized spacial score (nSPS) is 25.5. The lowest BCUT2D eigenvalue weighted by atomic mass is 9.95. The van der Waals surface area contributed by atoms with E-state index in [1.807, 2.05) is 46.8 Å². The number of fused-ring (bicyclic) bond motifs is 2. The summed E-state index contributed by atoms with van der Waals surface area (Å²) in [6, 6.07) is 6.18. The Morgan fingerprint density at radius 2 is 1.81 bits per heavy atom. The van der Waals surface area contributed by atoms with E-state index in [0.29, 0.717) is 19.0 Å². The zero-order chi connectivity index (χ0) is 22.1. The Bertz CT molecular complexity index is 1030. The fourth-order valence-corrected chi connectivity index (χ4v) is 4.99. The van der Waals surface area contributed by atoms with Crippen molar-refractivity contribution in [1.82, 2.24) is 15.4 Å². The second kappa shape index (κ2) is 6.71. The molecule has 2 saturated carbocycles. The topological polar surface area (TPSA) is 84.7 Å². The third kappa shape index (κ3) is 3.68. The van der Waals surface area contributed by atoms with Crippen molar-refractivity contribution < 1.29 is 18.8 Å². The number of rotatable bonds is 4. The maximum absolute atomic E-state index is 13.1. The lowest BCUT2D eigenvalue weighted by Gasteiger charge is -2.27. The molecule has 3 fully saturated rings. The molecule has 3 atom stereocenters. The van der Waals surface area contributed by atoms with Crippen molar-refractivity contribution >= 4 is 23.0 Å². The first-order valence-corrected chi connectivity index (χ1v) is 11.2. The van der Waals surface area contributed by atoms with Crippen LogP contribution >= 0.6 is 0 Å². The molecule has 7 nitrogen and oxygen atoms in total. The Labute approximate surface area is 182 Å². The van der Waals surface area contributed by atoms with Gasteiger partial charge >= 0.3 is 6.09 Å². The summed E-state index contributed by atoms with van der Waals surface area (Å²) in [5.74, 6) is 0.954. The largest absolute Gasteiger partial charge is 0.444 e. The van der Waals surface area contributed by atoms with Crippen LogP contribution in [-0.4, -0.2) is 40.7 Å². The number of hydrogen-bond donors (Lipinski definition) is 1. The Balaban J connectivity index is 1.24. The summed E-state index contributed by atoms with van der Waals surface area (Å²) in [6.07, 6.45) is 2.10. The van der Waals surface area contributed by atoms with E-state index in [-0.39, 0.29) is 29.8 Å². The van der Waals surface area contributed by atoms with Crippen molar-refractivity contribution in [3.8, 4) is 0 Å². The number of likely N-dealkylation sites (tertiary alicyclic amines) is 1. The molecule has 1 N–H and O–H groups in total. The van der Waals surface area contributed by atoms with Gasteiger partial charge in [-0.15, -0.1) is 0 Å². The molecule has 1 saturated heterocycles. The number of hydrogen-bond acceptors (Lipinski definition) is 5. The number of amides is 2. The minimum Gasteiger partial charge on any atom is -0.444 e. The van der Waals surface area contributed by atoms with Crippen LogP contribution in [0.15, 0.2) is 22.7 Å². The summed E-state index contributed by atoms with van der Waals surface area (Å²) in [5.41, 5.74) is 1.67. The van der Waals surface area contributed by atoms with E-state index >= 15 is 0 Å². The zero-order valence-corrected chi connectivity index (χ0v) is 18.9. The van der Waals surface area contributed by atoms with E-state index in [9.17, 15) is 9.59 Å². The highest BCUT2D eigenvalue weighted by molar-refractivity contribution is 5.87. The molecule has 31 heavy (non-hydrogen) atoms. The third-order valence-electron chi connectivity index (χ3n) is 6.72. The number of carbonyl (C=O) groups is 2. The molecular formula is C24H31N3O4. The number of nitrogens with one attached hydrogen (secondary N) is 1. The van der Waals surface area contributed by atoms with Gasteiger partial charge < -0.3 is 19.5 Å². The van der Waals surface area contributed by atoms with Gasteiger partial charge in [-0.25, -0.2) is 4.79 Å². The van der Waals surface area contributed by atoms with Crippen molar-refractivity contribution in [1.29, 1.82) is 0 Å². The minimum atomic E-state index is -0.647. The molecule has 2 heterocycles. The third-order valence-corrected chi connectivity index (χ3v) is 6.72. The van der Waals surface area contributed by atoms with Gasteiger partial charge in [0.05, 0.1) is 5.54 Å². The van der Waals surface area contributed by atoms with Crippen LogP contribution in [0.3, 0.4) is 0 Å². The van der Waals surface area contributed by atoms with Crippen LogP contribution in [0.4, 0.5) is 4.79 Å². The van der Waals surface area contributed by atoms with Crippen molar-refractivity contribution in [3.63, 3.8) is 0 Å². The summed E-state index contributed by atoms with van der Waals surface area (Å²) >= 11 is 0. The Morgan fingerprint density at radius 3 is 2.42 bits per heavy atom. The average molecular weight is 426 g/mol. The van der Waals surface area contributed by atoms with Gasteiger partial charge in [0.2, 0.25) is 5.91 Å². The van der Waals surface area contributed by atoms with Crippen LogP contribution in [0, 0.1) is 17.8 Å². The monoisotopic (exact) mass is 425 g/mol. The SMILES string of the molecule is CC(C)(C)OC(=O)N1CC2C(C(=O)NC(C)(C)c3noc4c(C5CC5)cccc34)[C@@H]2C1. The summed E-state index contributed by atoms with van der Waals surface area (Å²) in [5, 5.41) is 8.52. The number of carbonyl (C=O) groups excluding carboxylic acids is 2. The quantitative estimate of drug-likeness (QED) is 0.795. The predicted molar refractivity (Wildman–Crippen MR) is 115 cm³/mol. The van der Waals surface area contributed by atoms with Gasteiger partial charge in [-0.2, -0.15) is 0 Å². The average Bonchev–Trinajstić information content (AvgIpc) is 3.53. The highest BCUT2D eigenvalue weighted by atomic mass is 16.6. The number of aromatic nitrogens is 1. The number of benzene rings is 1. The molecule has 7 heteroatoms. The molecule has 166 valence electrons. The molecule has 1 aromatic heterocycles. The van der Waals surface area contributed by atoms with Crippen molar-refractivity contribution in [2.75, 3.05) is 13.1 Å². The van der Waals surface area contributed by atoms with Crippen LogP contribution in [0.1, 0.15) is 64.6 Å². The fraction of sp³-hybridized carbons (Fsp3) is 0.625. The highest BCUT2D eigenvalue weighted by Gasteiger charge is 2.61. The van der Waals surface area contributed by atoms with Gasteiger partial charge in [0.25, 0.3) is 0 Å². The molecule has 2 aliphatic carbocycles. The predicted octanol–water partition coefficient (Wildman–Crippen LogP) is 4.17. The first kappa shape index (κ1) is 20.3. The van der Waals surface area contributed by atoms with Gasteiger partial charge in [-0.1, -0.05) is 17.3 Å². The molecule has 3 aliphatic rings. The van der Waals surface area contributed by atoms with Crippen LogP contribution in [0.5, 0.6) is 0 Å². The molecule has 1 aromatic carbocycles. The molecule has 2 amide bonds. The lowest BCUT2D eigenvalue weighted by molar-refractivity contribution is -0.125. The lowest BCUT2D eigenvalue weighted by Crippen LogP contribution is -2.44. The van der Waals surface area contributed by atoms with Crippen molar-refractivity contribution in [2.45, 2.75) is 64.5 Å². The minimum absolute atomic E-state index is 0.0262. The maximum atomic E-state index is 13.1. The smallest absolute Gasteiger partial charge is 0.410 e. The Morgan fingerprint density at radius 1 is 1.13 bits per heavy atom. The van der Waals surface area contributed by atoms with Gasteiger partial charge in [-0.05, 0) is 71.3 Å². The Kier molecular flexibility index (Phi) is 4.40. The van der Waals surface area contributed by atoms with E-state index in [1.54, 1.807) is 4.90 Å². The van der Waals surface area contributed by atoms with E-state index in [0.717, 1.165) is 16.7 Å². The first-order valence-electron chi connectivity index (χ1n) is 11.2. The summed E-state index contributed by atoms with van der Waals surface area (Å²) in [7, 11) is 0. The molecule has 0 bridgehead atoms. The van der Waals surface area contributed by atoms with Gasteiger partial charge in [-0.3, -0.25) is 4.79 Å². The number of piperidine rings is 1. The number of nitrogens with zero attached hydrogens (tertiary/aromatic N) is 2. The van der Waals surface area contributed by atoms with Crippen LogP contribution in [0.2, 0.25) is 0 Å². The fourth-order valence-electron chi connectivity index (χ4n) is 4.99. The van der Waals surface area contributed by atoms with Crippen LogP contribution in [0.25, 0.3) is 11.0 Å². The molecule has 2 unspecified atom stereocenters. The highest BCUT2D eigenvalue weighted by Crippen LogP contribution is 2.52. The van der Waals surface area contributed by atoms with Crippen molar-refractivity contribution in [2.24, 2.45) is 17.8 Å². The maximum Gasteiger partial charge on any atom is 0.410 e. The standard InChI is InChI=1S/C24H31N3O4/c1-23(2,3)30-22(29)27-11-16-17(12-27)18(16)21(28)25-24(4,5)20-15-8-6-7-14(13-9-10-13)19(15)31-26-20/h6-8,13,16-18H,9-12H2,1-5H3,(H,25,28)/t16-,17?,18?/m1/s1. The van der Waals surface area contributed by atoms with E-state index in [4.69, 9.17) is 9.26 Å². The van der Waals surface area contributed by atoms with Crippen molar-refractivity contribution in [3.05, 3.63) is 29.5 Å². The van der Waals surface area contributed by atoms with E-state index < -0.39 is 11.1 Å². The zero-order valence-electron chi connectivity index (χ0n) is 18.9. The summed E-state index contributed by atoms with van der Waals surface area (Å²) in [6.45, 7) is 10.7. The van der Waals surface area contributed by atoms with Gasteiger partial charge in [0, 0.05) is 30.0 Å². The van der Waals surface area contributed by atoms with Crippen LogP contribution in [-0.2, 0) is 15.1 Å². The molecule has 0 radical (unpaired) electrons. The second-order valence-corrected chi connectivity index (χ2v) is 10.9. The van der Waals surface area contributed by atoms with E-state index in [2.05, 4.69) is 16.5 Å². The molecule has 5 rings (SSSR count). The molecule has 1 aliphatic heterocycles. The Hall–Kier alpha value is -2.57. The molecular weight excluding hydrogens is 394 g/mol. The number of ether oxygens (including phenoxy) is 1. The van der Waals surface area contributed by atoms with Crippen LogP contribution < -0.4 is 5.32 Å². The first-order chi connectivity index (χ1) is 14.5. The summed E-state index contributed by atoms with van der Waals surface area (Å²) < 4.78 is 11.2. The van der Waals surface area contributed by atoms with E-state index in [1.165, 1.54) is 18.4 Å². The summed E-state index contributed by atoms with van der Waals surface area (Å²) in [4.78, 5) is 27.1. The number of para-hydroxylation sites is 1.